The van der Waals surface area contributed by atoms with Crippen LogP contribution < -0.4 is 10.5 Å². The van der Waals surface area contributed by atoms with Crippen molar-refractivity contribution in [2.75, 3.05) is 12.9 Å². The number of hydrogen-bond donors (Lipinski definition) is 2. The molecule has 2 rings (SSSR count). The van der Waals surface area contributed by atoms with E-state index in [2.05, 4.69) is 0 Å². The molecule has 0 radical (unpaired) electrons. The number of methoxy groups -OCH3 is 1. The zero-order valence-corrected chi connectivity index (χ0v) is 11.6. The Balaban J connectivity index is 2.10. The number of hydrogen-bond acceptors (Lipinski definition) is 3. The van der Waals surface area contributed by atoms with Crippen LogP contribution in [0.25, 0.3) is 0 Å². The molecule has 0 unspecified atom stereocenters. The summed E-state index contributed by atoms with van der Waals surface area (Å²) in [6.07, 6.45) is 5.41. The van der Waals surface area contributed by atoms with E-state index in [9.17, 15) is 0 Å². The zero-order valence-electron chi connectivity index (χ0n) is 10.7. The average Bonchev–Trinajstić information content (AvgIpc) is 2.88. The first-order chi connectivity index (χ1) is 8.70. The van der Waals surface area contributed by atoms with Crippen molar-refractivity contribution in [3.05, 3.63) is 23.8 Å². The molecule has 3 nitrogen and oxygen atoms in total. The minimum atomic E-state index is 0.131. The van der Waals surface area contributed by atoms with Crippen LogP contribution in [0.1, 0.15) is 31.2 Å². The summed E-state index contributed by atoms with van der Waals surface area (Å²) < 4.78 is 5.24. The largest absolute Gasteiger partial charge is 0.497 e. The van der Waals surface area contributed by atoms with E-state index in [0.29, 0.717) is 0 Å². The summed E-state index contributed by atoms with van der Waals surface area (Å²) in [6.45, 7) is 0. The third kappa shape index (κ3) is 3.19. The molecule has 18 heavy (non-hydrogen) atoms. The summed E-state index contributed by atoms with van der Waals surface area (Å²) in [7, 11) is 1.66. The second kappa shape index (κ2) is 6.14. The van der Waals surface area contributed by atoms with E-state index < -0.39 is 0 Å². The molecule has 98 valence electrons. The van der Waals surface area contributed by atoms with Gasteiger partial charge in [-0.2, -0.15) is 0 Å². The molecule has 1 aromatic carbocycles. The van der Waals surface area contributed by atoms with Gasteiger partial charge in [0.2, 0.25) is 0 Å². The maximum absolute atomic E-state index is 7.62. The lowest BCUT2D eigenvalue weighted by Gasteiger charge is -2.12. The number of nitrogens with two attached hydrogens (primary N) is 1. The van der Waals surface area contributed by atoms with Crippen LogP contribution in [0.3, 0.4) is 0 Å². The summed E-state index contributed by atoms with van der Waals surface area (Å²) >= 11 is 1.80. The summed E-state index contributed by atoms with van der Waals surface area (Å²) in [5.41, 5.74) is 6.44. The number of nitrogens with one attached hydrogen (secondary N) is 1. The van der Waals surface area contributed by atoms with Gasteiger partial charge in [-0.25, -0.2) is 0 Å². The van der Waals surface area contributed by atoms with Crippen LogP contribution in [0.15, 0.2) is 23.1 Å². The third-order valence-electron chi connectivity index (χ3n) is 3.43. The highest BCUT2D eigenvalue weighted by Gasteiger charge is 2.16. The second-order valence-corrected chi connectivity index (χ2v) is 5.80. The number of nitrogen functional groups attached to an aromatic ring is 1. The van der Waals surface area contributed by atoms with Crippen molar-refractivity contribution in [3.8, 4) is 5.75 Å². The molecule has 3 N–H and O–H groups in total. The normalized spacial score (nSPS) is 15.8. The first kappa shape index (κ1) is 13.3. The average molecular weight is 264 g/mol. The third-order valence-corrected chi connectivity index (χ3v) is 4.72. The molecular weight excluding hydrogens is 244 g/mol. The molecule has 0 saturated heterocycles. The van der Waals surface area contributed by atoms with Crippen LogP contribution in [-0.4, -0.2) is 18.7 Å². The fourth-order valence-corrected chi connectivity index (χ4v) is 3.64. The van der Waals surface area contributed by atoms with Crippen LogP contribution in [0.4, 0.5) is 0 Å². The Morgan fingerprint density at radius 3 is 2.78 bits per heavy atom. The van der Waals surface area contributed by atoms with Crippen molar-refractivity contribution in [3.63, 3.8) is 0 Å². The Labute approximate surface area is 113 Å². The minimum absolute atomic E-state index is 0.131. The summed E-state index contributed by atoms with van der Waals surface area (Å²) in [5, 5.41) is 7.62. The summed E-state index contributed by atoms with van der Waals surface area (Å²) in [6, 6.07) is 5.71. The Morgan fingerprint density at radius 1 is 1.44 bits per heavy atom. The molecule has 0 aliphatic heterocycles. The molecule has 1 fully saturated rings. The SMILES string of the molecule is COc1ccc(C(=N)N)c(SCC2CCCC2)c1. The van der Waals surface area contributed by atoms with Gasteiger partial charge in [0.05, 0.1) is 7.11 Å². The van der Waals surface area contributed by atoms with Crippen LogP contribution in [-0.2, 0) is 0 Å². The predicted octanol–water partition coefficient (Wildman–Crippen LogP) is 3.26. The Hall–Kier alpha value is -1.16. The number of benzene rings is 1. The van der Waals surface area contributed by atoms with Gasteiger partial charge >= 0.3 is 0 Å². The van der Waals surface area contributed by atoms with Gasteiger partial charge in [-0.15, -0.1) is 11.8 Å². The number of ether oxygens (including phenoxy) is 1. The van der Waals surface area contributed by atoms with Gasteiger partial charge in [-0.05, 0) is 37.0 Å². The van der Waals surface area contributed by atoms with Gasteiger partial charge in [0.25, 0.3) is 0 Å². The van der Waals surface area contributed by atoms with Gasteiger partial charge in [0.15, 0.2) is 0 Å². The molecule has 0 heterocycles. The van der Waals surface area contributed by atoms with Crippen molar-refractivity contribution >= 4 is 17.6 Å². The second-order valence-electron chi connectivity index (χ2n) is 4.74. The molecule has 1 aliphatic carbocycles. The highest BCUT2D eigenvalue weighted by atomic mass is 32.2. The lowest BCUT2D eigenvalue weighted by Crippen LogP contribution is -2.12. The van der Waals surface area contributed by atoms with Crippen molar-refractivity contribution < 1.29 is 4.74 Å². The molecule has 0 bridgehead atoms. The molecule has 0 spiro atoms. The molecule has 0 atom stereocenters. The van der Waals surface area contributed by atoms with E-state index in [1.807, 2.05) is 18.2 Å². The molecular formula is C14H20N2OS. The van der Waals surface area contributed by atoms with Crippen molar-refractivity contribution in [2.24, 2.45) is 11.7 Å². The van der Waals surface area contributed by atoms with E-state index in [1.54, 1.807) is 18.9 Å². The van der Waals surface area contributed by atoms with Crippen LogP contribution in [0, 0.1) is 11.3 Å². The van der Waals surface area contributed by atoms with Gasteiger partial charge < -0.3 is 10.5 Å². The zero-order chi connectivity index (χ0) is 13.0. The van der Waals surface area contributed by atoms with E-state index in [0.717, 1.165) is 27.9 Å². The predicted molar refractivity (Wildman–Crippen MR) is 76.7 cm³/mol. The standard InChI is InChI=1S/C14H20N2OS/c1-17-11-6-7-12(14(15)16)13(8-11)18-9-10-4-2-3-5-10/h6-8,10H,2-5,9H2,1H3,(H3,15,16). The first-order valence-corrected chi connectivity index (χ1v) is 7.34. The lowest BCUT2D eigenvalue weighted by molar-refractivity contribution is 0.413. The van der Waals surface area contributed by atoms with E-state index in [1.165, 1.54) is 25.7 Å². The maximum atomic E-state index is 7.62. The summed E-state index contributed by atoms with van der Waals surface area (Å²) in [5.74, 6) is 2.90. The number of amidine groups is 1. The Morgan fingerprint density at radius 2 is 2.17 bits per heavy atom. The first-order valence-electron chi connectivity index (χ1n) is 6.36. The molecule has 0 aromatic heterocycles. The van der Waals surface area contributed by atoms with Crippen molar-refractivity contribution in [1.29, 1.82) is 5.41 Å². The van der Waals surface area contributed by atoms with Crippen molar-refractivity contribution in [2.45, 2.75) is 30.6 Å². The van der Waals surface area contributed by atoms with Crippen LogP contribution >= 0.6 is 11.8 Å². The fourth-order valence-electron chi connectivity index (χ4n) is 2.36. The molecule has 1 aliphatic rings. The number of rotatable bonds is 5. The van der Waals surface area contributed by atoms with Gasteiger partial charge in [0, 0.05) is 16.2 Å². The summed E-state index contributed by atoms with van der Waals surface area (Å²) in [4.78, 5) is 1.06. The molecule has 0 amide bonds. The monoisotopic (exact) mass is 264 g/mol. The minimum Gasteiger partial charge on any atom is -0.497 e. The van der Waals surface area contributed by atoms with Crippen molar-refractivity contribution in [1.82, 2.24) is 0 Å². The van der Waals surface area contributed by atoms with E-state index in [4.69, 9.17) is 15.9 Å². The van der Waals surface area contributed by atoms with E-state index in [-0.39, 0.29) is 5.84 Å². The fraction of sp³-hybridized carbons (Fsp3) is 0.500. The van der Waals surface area contributed by atoms with E-state index >= 15 is 0 Å². The van der Waals surface area contributed by atoms with Gasteiger partial charge in [-0.3, -0.25) is 5.41 Å². The Bertz CT molecular complexity index is 428. The van der Waals surface area contributed by atoms with Crippen LogP contribution in [0.5, 0.6) is 5.75 Å². The highest BCUT2D eigenvalue weighted by Crippen LogP contribution is 2.33. The number of thioether (sulfide) groups is 1. The van der Waals surface area contributed by atoms with Gasteiger partial charge in [0.1, 0.15) is 11.6 Å². The highest BCUT2D eigenvalue weighted by molar-refractivity contribution is 7.99. The quantitative estimate of drug-likeness (QED) is 0.487. The Kier molecular flexibility index (Phi) is 4.53. The van der Waals surface area contributed by atoms with Crippen LogP contribution in [0.2, 0.25) is 0 Å². The lowest BCUT2D eigenvalue weighted by atomic mass is 10.1. The molecule has 1 aromatic rings. The maximum Gasteiger partial charge on any atom is 0.123 e. The van der Waals surface area contributed by atoms with Gasteiger partial charge in [-0.1, -0.05) is 12.8 Å². The molecule has 1 saturated carbocycles. The topological polar surface area (TPSA) is 59.1 Å². The smallest absolute Gasteiger partial charge is 0.123 e. The molecule has 4 heteroatoms.